The van der Waals surface area contributed by atoms with Crippen LogP contribution in [0.4, 0.5) is 11.4 Å². The van der Waals surface area contributed by atoms with E-state index in [0.717, 1.165) is 42.9 Å². The Kier molecular flexibility index (Phi) is 7.66. The van der Waals surface area contributed by atoms with Gasteiger partial charge in [-0.3, -0.25) is 14.5 Å². The maximum absolute atomic E-state index is 13.2. The summed E-state index contributed by atoms with van der Waals surface area (Å²) in [6, 6.07) is 23.7. The van der Waals surface area contributed by atoms with Crippen LogP contribution in [0.3, 0.4) is 0 Å². The molecule has 6 heteroatoms. The number of likely N-dealkylation sites (tertiary alicyclic amines) is 1. The molecule has 0 unspecified atom stereocenters. The van der Waals surface area contributed by atoms with Crippen molar-refractivity contribution in [2.24, 2.45) is 0 Å². The Morgan fingerprint density at radius 2 is 1.68 bits per heavy atom. The Bertz CT molecular complexity index is 1290. The van der Waals surface area contributed by atoms with Crippen molar-refractivity contribution in [3.8, 4) is 0 Å². The summed E-state index contributed by atoms with van der Waals surface area (Å²) in [5, 5.41) is 9.42. The Labute approximate surface area is 218 Å². The summed E-state index contributed by atoms with van der Waals surface area (Å²) in [6.45, 7) is 5.92. The van der Waals surface area contributed by atoms with Crippen molar-refractivity contribution in [2.75, 3.05) is 30.3 Å². The van der Waals surface area contributed by atoms with E-state index in [4.69, 9.17) is 0 Å². The van der Waals surface area contributed by atoms with E-state index in [2.05, 4.69) is 45.1 Å². The highest BCUT2D eigenvalue weighted by molar-refractivity contribution is 6.37. The van der Waals surface area contributed by atoms with Crippen molar-refractivity contribution in [3.05, 3.63) is 95.1 Å². The summed E-state index contributed by atoms with van der Waals surface area (Å²) in [5.74, 6) is -0.323. The lowest BCUT2D eigenvalue weighted by Crippen LogP contribution is -2.29. The van der Waals surface area contributed by atoms with Crippen LogP contribution in [0.25, 0.3) is 11.3 Å². The van der Waals surface area contributed by atoms with Gasteiger partial charge in [-0.2, -0.15) is 0 Å². The molecule has 0 saturated carbocycles. The van der Waals surface area contributed by atoms with Gasteiger partial charge >= 0.3 is 0 Å². The van der Waals surface area contributed by atoms with E-state index >= 15 is 0 Å². The van der Waals surface area contributed by atoms with Gasteiger partial charge in [0.25, 0.3) is 11.8 Å². The van der Waals surface area contributed by atoms with E-state index in [1.165, 1.54) is 24.8 Å². The third-order valence-electron chi connectivity index (χ3n) is 6.95. The molecule has 2 aliphatic rings. The number of nitrogens with zero attached hydrogens (tertiary/aromatic N) is 1. The van der Waals surface area contributed by atoms with Gasteiger partial charge < -0.3 is 16.0 Å². The van der Waals surface area contributed by atoms with E-state index in [-0.39, 0.29) is 11.8 Å². The van der Waals surface area contributed by atoms with Crippen molar-refractivity contribution >= 4 is 34.5 Å². The van der Waals surface area contributed by atoms with Crippen molar-refractivity contribution < 1.29 is 9.59 Å². The second-order valence-corrected chi connectivity index (χ2v) is 9.75. The molecule has 0 spiro atoms. The van der Waals surface area contributed by atoms with Gasteiger partial charge in [0.1, 0.15) is 0 Å². The number of rotatable bonds is 8. The third kappa shape index (κ3) is 5.75. The molecule has 6 nitrogen and oxygen atoms in total. The Balaban J connectivity index is 1.48. The zero-order valence-electron chi connectivity index (χ0n) is 21.3. The number of carbonyl (C=O) groups is 2. The highest BCUT2D eigenvalue weighted by atomic mass is 16.2. The van der Waals surface area contributed by atoms with Gasteiger partial charge in [0.05, 0.1) is 11.3 Å². The van der Waals surface area contributed by atoms with Crippen molar-refractivity contribution in [1.82, 2.24) is 10.2 Å². The molecule has 0 atom stereocenters. The van der Waals surface area contributed by atoms with Crippen molar-refractivity contribution in [1.29, 1.82) is 0 Å². The van der Waals surface area contributed by atoms with Gasteiger partial charge in [0, 0.05) is 35.6 Å². The van der Waals surface area contributed by atoms with Gasteiger partial charge in [-0.25, -0.2) is 0 Å². The minimum Gasteiger partial charge on any atom is -0.354 e. The molecule has 2 aliphatic heterocycles. The zero-order chi connectivity index (χ0) is 25.6. The average Bonchev–Trinajstić information content (AvgIpc) is 3.27. The topological polar surface area (TPSA) is 73.5 Å². The number of piperidine rings is 1. The molecule has 1 fully saturated rings. The summed E-state index contributed by atoms with van der Waals surface area (Å²) >= 11 is 0. The minimum atomic E-state index is -0.186. The number of nitrogens with one attached hydrogen (secondary N) is 3. The largest absolute Gasteiger partial charge is 0.354 e. The first-order valence-electron chi connectivity index (χ1n) is 13.2. The molecule has 3 N–H and O–H groups in total. The SMILES string of the molecule is CCCNC(=O)c1ccc2c(c1)/C(=C(/Nc1ccc(CN3CCCCC3)cc1)c1ccccc1)C(=O)N2. The van der Waals surface area contributed by atoms with Crippen LogP contribution < -0.4 is 16.0 Å². The predicted molar refractivity (Wildman–Crippen MR) is 150 cm³/mol. The fourth-order valence-corrected chi connectivity index (χ4v) is 4.99. The molecular weight excluding hydrogens is 460 g/mol. The predicted octanol–water partition coefficient (Wildman–Crippen LogP) is 5.74. The summed E-state index contributed by atoms with van der Waals surface area (Å²) < 4.78 is 0. The van der Waals surface area contributed by atoms with Crippen LogP contribution in [0.15, 0.2) is 72.8 Å². The van der Waals surface area contributed by atoms with E-state index in [1.54, 1.807) is 18.2 Å². The second kappa shape index (κ2) is 11.4. The lowest BCUT2D eigenvalue weighted by Gasteiger charge is -2.26. The Hall–Kier alpha value is -3.90. The molecule has 2 amide bonds. The van der Waals surface area contributed by atoms with Gasteiger partial charge in [0.2, 0.25) is 0 Å². The maximum Gasteiger partial charge on any atom is 0.258 e. The molecule has 1 saturated heterocycles. The standard InChI is InChI=1S/C31H34N4O2/c1-2-17-32-30(36)24-13-16-27-26(20-24)28(31(37)34-27)29(23-9-5-3-6-10-23)33-25-14-11-22(12-15-25)21-35-18-7-4-8-19-35/h3,5-6,9-16,20,33H,2,4,7-8,17-19,21H2,1H3,(H,32,36)(H,34,37)/b29-28-. The third-order valence-corrected chi connectivity index (χ3v) is 6.95. The molecule has 190 valence electrons. The molecule has 0 radical (unpaired) electrons. The lowest BCUT2D eigenvalue weighted by atomic mass is 9.98. The lowest BCUT2D eigenvalue weighted by molar-refractivity contribution is -0.110. The van der Waals surface area contributed by atoms with Crippen molar-refractivity contribution in [2.45, 2.75) is 39.2 Å². The number of hydrogen-bond acceptors (Lipinski definition) is 4. The van der Waals surface area contributed by atoms with Crippen LogP contribution in [0, 0.1) is 0 Å². The van der Waals surface area contributed by atoms with E-state index in [1.807, 2.05) is 37.3 Å². The van der Waals surface area contributed by atoms with E-state index < -0.39 is 0 Å². The fourth-order valence-electron chi connectivity index (χ4n) is 4.99. The fraction of sp³-hybridized carbons (Fsp3) is 0.290. The molecule has 2 heterocycles. The first-order chi connectivity index (χ1) is 18.1. The van der Waals surface area contributed by atoms with Crippen LogP contribution in [0.2, 0.25) is 0 Å². The summed E-state index contributed by atoms with van der Waals surface area (Å²) in [5.41, 5.74) is 6.31. The molecule has 3 aromatic rings. The van der Waals surface area contributed by atoms with Crippen LogP contribution in [-0.4, -0.2) is 36.3 Å². The summed E-state index contributed by atoms with van der Waals surface area (Å²) in [6.07, 6.45) is 4.75. The van der Waals surface area contributed by atoms with Crippen LogP contribution in [-0.2, 0) is 11.3 Å². The number of fused-ring (bicyclic) bond motifs is 1. The quantitative estimate of drug-likeness (QED) is 0.349. The van der Waals surface area contributed by atoms with Crippen LogP contribution in [0.1, 0.15) is 59.7 Å². The number of benzene rings is 3. The van der Waals surface area contributed by atoms with E-state index in [0.29, 0.717) is 29.1 Å². The van der Waals surface area contributed by atoms with E-state index in [9.17, 15) is 9.59 Å². The van der Waals surface area contributed by atoms with Gasteiger partial charge in [-0.05, 0) is 73.8 Å². The first kappa shape index (κ1) is 24.8. The summed E-state index contributed by atoms with van der Waals surface area (Å²) in [7, 11) is 0. The monoisotopic (exact) mass is 494 g/mol. The number of hydrogen-bond donors (Lipinski definition) is 3. The normalized spacial score (nSPS) is 16.6. The highest BCUT2D eigenvalue weighted by Crippen LogP contribution is 2.38. The Morgan fingerprint density at radius 3 is 2.41 bits per heavy atom. The smallest absolute Gasteiger partial charge is 0.258 e. The van der Waals surface area contributed by atoms with Gasteiger partial charge in [0.15, 0.2) is 0 Å². The van der Waals surface area contributed by atoms with Gasteiger partial charge in [-0.15, -0.1) is 0 Å². The Morgan fingerprint density at radius 1 is 0.919 bits per heavy atom. The van der Waals surface area contributed by atoms with Crippen LogP contribution >= 0.6 is 0 Å². The van der Waals surface area contributed by atoms with Gasteiger partial charge in [-0.1, -0.05) is 55.8 Å². The highest BCUT2D eigenvalue weighted by Gasteiger charge is 2.29. The minimum absolute atomic E-state index is 0.137. The van der Waals surface area contributed by atoms with Crippen molar-refractivity contribution in [3.63, 3.8) is 0 Å². The molecule has 5 rings (SSSR count). The summed E-state index contributed by atoms with van der Waals surface area (Å²) in [4.78, 5) is 28.4. The average molecular weight is 495 g/mol. The molecular formula is C31H34N4O2. The molecule has 0 aliphatic carbocycles. The molecule has 0 bridgehead atoms. The maximum atomic E-state index is 13.2. The molecule has 3 aromatic carbocycles. The number of amides is 2. The zero-order valence-corrected chi connectivity index (χ0v) is 21.3. The second-order valence-electron chi connectivity index (χ2n) is 9.75. The van der Waals surface area contributed by atoms with Crippen LogP contribution in [0.5, 0.6) is 0 Å². The molecule has 0 aromatic heterocycles. The number of carbonyl (C=O) groups excluding carboxylic acids is 2. The molecule has 37 heavy (non-hydrogen) atoms. The first-order valence-corrected chi connectivity index (χ1v) is 13.2. The number of anilines is 2.